The lowest BCUT2D eigenvalue weighted by molar-refractivity contribution is -0.128. The molecule has 18 rings (SSSR count). The SMILES string of the molecule is C.C.C.C.C=CC(=O)N1CCC(C2CCNc3c(C(N)=O)c(-c4cc(O)c(C)c(OC)c4)nn32)CC1.C=CC(=O)N1CCC(C2CCNc3c(C(N)=O)c(-c4cc(O)c(C5CC5)c(OC)c4)nn32)CC1.CC#CC(=O)N1CCC(C2CCNc3c(C(N)=O)c(-c4cc(OC)c(C)c(OC)c4)nn32)CC1.CC#CC(=O)N1CCC(C2CCNc3c(C(N)=O)c(-c4cc(OC)c(C5CC5)c(OC)c4)nn32)CC1. The summed E-state index contributed by atoms with van der Waals surface area (Å²) in [6.07, 6.45) is 17.3. The number of carbonyl (C=O) groups excluding carboxylic acids is 8. The number of ether oxygens (including phenoxy) is 6. The number of phenolic OH excluding ortho intramolecular Hbond substituents is 2. The lowest BCUT2D eigenvalue weighted by Crippen LogP contribution is -2.41. The van der Waals surface area contributed by atoms with Gasteiger partial charge in [-0.25, -0.2) is 18.7 Å². The molecule has 12 heterocycles. The number of aromatic nitrogens is 8. The minimum absolute atomic E-state index is 0. The van der Waals surface area contributed by atoms with Gasteiger partial charge in [-0.3, -0.25) is 38.4 Å². The molecule has 8 aromatic rings. The number of rotatable bonds is 22. The highest BCUT2D eigenvalue weighted by molar-refractivity contribution is 6.07. The predicted octanol–water partition coefficient (Wildman–Crippen LogP) is 13.8. The zero-order valence-corrected chi connectivity index (χ0v) is 79.0. The number of methoxy groups -OCH3 is 6. The molecular weight excluding hydrogens is 1790 g/mol. The molecule has 4 unspecified atom stereocenters. The number of hydrogen-bond donors (Lipinski definition) is 10. The Morgan fingerprint density at radius 1 is 0.357 bits per heavy atom. The Bertz CT molecular complexity index is 6030. The van der Waals surface area contributed by atoms with E-state index in [9.17, 15) is 48.6 Å². The molecule has 140 heavy (non-hydrogen) atoms. The first-order valence-corrected chi connectivity index (χ1v) is 46.8. The number of nitrogens with one attached hydrogen (secondary N) is 4. The fourth-order valence-electron chi connectivity index (χ4n) is 21.1. The summed E-state index contributed by atoms with van der Waals surface area (Å²) in [5.41, 5.74) is 32.6. The van der Waals surface area contributed by atoms with Gasteiger partial charge in [0.1, 0.15) is 114 Å². The number of primary amides is 4. The molecule has 0 spiro atoms. The number of fused-ring (bicyclic) bond motifs is 4. The number of aromatic hydroxyl groups is 2. The van der Waals surface area contributed by atoms with Gasteiger partial charge in [-0.15, -0.1) is 0 Å². The molecule has 4 atom stereocenters. The third-order valence-electron chi connectivity index (χ3n) is 28.4. The first-order valence-electron chi connectivity index (χ1n) is 46.8. The monoisotopic (exact) mass is 1930 g/mol. The fourth-order valence-corrected chi connectivity index (χ4v) is 21.1. The Morgan fingerprint density at radius 3 is 0.857 bits per heavy atom. The van der Waals surface area contributed by atoms with E-state index in [1.54, 1.807) is 74.5 Å². The highest BCUT2D eigenvalue weighted by Gasteiger charge is 2.44. The number of likely N-dealkylation sites (tertiary alicyclic amines) is 4. The van der Waals surface area contributed by atoms with E-state index in [2.05, 4.69) is 58.1 Å². The summed E-state index contributed by atoms with van der Waals surface area (Å²) in [6, 6.07) is 14.8. The molecule has 0 radical (unpaired) electrons. The molecule has 8 aliphatic heterocycles. The molecule has 14 N–H and O–H groups in total. The van der Waals surface area contributed by atoms with E-state index in [1.165, 1.54) is 19.3 Å². The molecule has 4 saturated heterocycles. The number of hydrogen-bond acceptors (Lipinski definition) is 24. The average Bonchev–Trinajstić information content (AvgIpc) is 1.61. The van der Waals surface area contributed by atoms with Gasteiger partial charge in [0.15, 0.2) is 0 Å². The second kappa shape index (κ2) is 46.0. The third kappa shape index (κ3) is 21.6. The molecule has 752 valence electrons. The van der Waals surface area contributed by atoms with Crippen molar-refractivity contribution in [1.82, 2.24) is 58.7 Å². The topological polar surface area (TPSA) is 469 Å². The van der Waals surface area contributed by atoms with Crippen LogP contribution in [-0.2, 0) is 19.2 Å². The van der Waals surface area contributed by atoms with Crippen molar-refractivity contribution >= 4 is 70.5 Å². The van der Waals surface area contributed by atoms with Gasteiger partial charge in [-0.05, 0) is 238 Å². The zero-order valence-electron chi connectivity index (χ0n) is 79.0. The van der Waals surface area contributed by atoms with E-state index in [-0.39, 0.29) is 89.0 Å². The number of benzene rings is 4. The Labute approximate surface area is 820 Å². The van der Waals surface area contributed by atoms with Crippen LogP contribution in [0.3, 0.4) is 0 Å². The maximum absolute atomic E-state index is 12.7. The highest BCUT2D eigenvalue weighted by atomic mass is 16.5. The summed E-state index contributed by atoms with van der Waals surface area (Å²) in [5.74, 6) is 16.8. The van der Waals surface area contributed by atoms with Crippen molar-refractivity contribution in [3.63, 3.8) is 0 Å². The molecule has 2 aliphatic carbocycles. The largest absolute Gasteiger partial charge is 0.508 e. The smallest absolute Gasteiger partial charge is 0.298 e. The Hall–Kier alpha value is -14.3. The average molecular weight is 1930 g/mol. The molecule has 6 fully saturated rings. The lowest BCUT2D eigenvalue weighted by Gasteiger charge is -2.38. The zero-order chi connectivity index (χ0) is 96.8. The van der Waals surface area contributed by atoms with E-state index in [4.69, 9.17) is 71.8 Å². The number of phenols is 2. The van der Waals surface area contributed by atoms with Gasteiger partial charge in [-0.1, -0.05) is 54.7 Å². The van der Waals surface area contributed by atoms with Crippen LogP contribution in [-0.4, -0.2) is 237 Å². The molecule has 4 aromatic carbocycles. The van der Waals surface area contributed by atoms with Crippen LogP contribution in [0.4, 0.5) is 23.3 Å². The highest BCUT2D eigenvalue weighted by Crippen LogP contribution is 2.54. The Morgan fingerprint density at radius 2 is 0.600 bits per heavy atom. The number of nitrogens with two attached hydrogens (primary N) is 4. The number of piperidine rings is 4. The minimum Gasteiger partial charge on any atom is -0.508 e. The van der Waals surface area contributed by atoms with Gasteiger partial charge in [0, 0.05) is 123 Å². The van der Waals surface area contributed by atoms with Crippen LogP contribution < -0.4 is 72.6 Å². The molecule has 36 nitrogen and oxygen atoms in total. The number of nitrogens with zero attached hydrogens (tertiary/aromatic N) is 12. The van der Waals surface area contributed by atoms with Crippen LogP contribution in [0, 0.1) is 61.2 Å². The van der Waals surface area contributed by atoms with E-state index < -0.39 is 23.6 Å². The van der Waals surface area contributed by atoms with Gasteiger partial charge in [0.25, 0.3) is 35.4 Å². The van der Waals surface area contributed by atoms with Gasteiger partial charge >= 0.3 is 0 Å². The summed E-state index contributed by atoms with van der Waals surface area (Å²) >= 11 is 0. The van der Waals surface area contributed by atoms with Gasteiger partial charge in [-0.2, -0.15) is 20.4 Å². The minimum atomic E-state index is -0.583. The first-order chi connectivity index (χ1) is 65.6. The van der Waals surface area contributed by atoms with E-state index in [0.29, 0.717) is 215 Å². The van der Waals surface area contributed by atoms with Gasteiger partial charge < -0.3 is 102 Å². The molecule has 8 amide bonds. The molecule has 0 bridgehead atoms. The summed E-state index contributed by atoms with van der Waals surface area (Å²) < 4.78 is 41.1. The normalized spacial score (nSPS) is 18.5. The molecule has 36 heteroatoms. The standard InChI is InChI=1S/C27H33N5O4.2C25H31N5O4.C23H29N5O4.4CH4/c1-4-5-22(33)31-12-9-16(10-13-31)19-8-11-29-27-24(26(28)34)25(30-32(19)27)18-14-20(35-2)23(17-6-7-17)21(15-18)36-3;1-3-20(32)29-10-7-14(8-11-29)17-6-9-27-25-22(24(26)33)23(28-30(17)25)16-12-18(31)21(15-4-5-15)19(13-16)34-2;1-5-6-21(31)29-11-8-16(9-12-29)18-7-10-27-25-22(24(26)32)23(28-30(18)25)17-13-19(33-3)15(2)20(14-17)34-4;1-4-19(30)27-9-6-14(7-10-27)16-5-8-25-23-20(22(24)31)21(26-28(16)23)15-11-17(29)13(2)18(12-15)32-3;;;;/h14-17,19,29H,6-13H2,1-3H3,(H2,28,34);3,12-15,17,27,31H,1,4-11H2,2H3,(H2,26,33);13-14,16,18,27H,7-12H2,1-4H3,(H2,26,32);4,11-12,14,16,25,29H,1,5-10H2,2-3H3,(H2,24,31);4*1H4. The summed E-state index contributed by atoms with van der Waals surface area (Å²) in [5, 5.41) is 54.0. The van der Waals surface area contributed by atoms with Crippen LogP contribution in [0.1, 0.15) is 246 Å². The van der Waals surface area contributed by atoms with Gasteiger partial charge in [0.05, 0.1) is 66.8 Å². The van der Waals surface area contributed by atoms with Crippen LogP contribution in [0.25, 0.3) is 45.0 Å². The van der Waals surface area contributed by atoms with E-state index in [0.717, 1.165) is 150 Å². The second-order valence-corrected chi connectivity index (χ2v) is 36.2. The first kappa shape index (κ1) is 106. The van der Waals surface area contributed by atoms with E-state index >= 15 is 0 Å². The van der Waals surface area contributed by atoms with Crippen molar-refractivity contribution in [2.75, 3.05) is 142 Å². The maximum atomic E-state index is 12.7. The number of anilines is 4. The summed E-state index contributed by atoms with van der Waals surface area (Å²) in [4.78, 5) is 106. The quantitative estimate of drug-likeness (QED) is 0.0222. The van der Waals surface area contributed by atoms with Crippen molar-refractivity contribution < 1.29 is 77.0 Å². The van der Waals surface area contributed by atoms with E-state index in [1.807, 2.05) is 75.6 Å². The van der Waals surface area contributed by atoms with Crippen molar-refractivity contribution in [3.05, 3.63) is 118 Å². The van der Waals surface area contributed by atoms with Crippen molar-refractivity contribution in [2.45, 2.75) is 196 Å². The van der Waals surface area contributed by atoms with Crippen LogP contribution in [0.2, 0.25) is 0 Å². The van der Waals surface area contributed by atoms with Gasteiger partial charge in [0.2, 0.25) is 11.8 Å². The fraction of sp³-hybridized carbons (Fsp3) is 0.500. The predicted molar refractivity (Wildman–Crippen MR) is 541 cm³/mol. The lowest BCUT2D eigenvalue weighted by atomic mass is 9.87. The molecule has 10 aliphatic rings. The molecule has 4 aromatic heterocycles. The number of amides is 8. The van der Waals surface area contributed by atoms with Crippen molar-refractivity contribution in [2.24, 2.45) is 46.6 Å². The van der Waals surface area contributed by atoms with Crippen molar-refractivity contribution in [1.29, 1.82) is 0 Å². The van der Waals surface area contributed by atoms with Crippen molar-refractivity contribution in [3.8, 4) is 115 Å². The van der Waals surface area contributed by atoms with Crippen LogP contribution in [0.15, 0.2) is 73.8 Å². The second-order valence-electron chi connectivity index (χ2n) is 36.2. The summed E-state index contributed by atoms with van der Waals surface area (Å²) in [6.45, 7) is 22.4. The van der Waals surface area contributed by atoms with Crippen LogP contribution >= 0.6 is 0 Å². The third-order valence-corrected chi connectivity index (χ3v) is 28.4. The summed E-state index contributed by atoms with van der Waals surface area (Å²) in [7, 11) is 9.61. The van der Waals surface area contributed by atoms with Crippen LogP contribution in [0.5, 0.6) is 46.0 Å². The maximum Gasteiger partial charge on any atom is 0.298 e. The number of carbonyl (C=O) groups is 8. The Kier molecular flexibility index (Phi) is 34.8. The Balaban J connectivity index is 0.000000177. The molecule has 2 saturated carbocycles. The molecular formula is C104H140N20O16.